The molecule has 0 fully saturated rings. The third kappa shape index (κ3) is 3.72. The molecule has 0 radical (unpaired) electrons. The first-order valence-electron chi connectivity index (χ1n) is 7.28. The van der Waals surface area contributed by atoms with Crippen LogP contribution in [0.2, 0.25) is 0 Å². The fourth-order valence-electron chi connectivity index (χ4n) is 2.44. The Labute approximate surface area is 162 Å². The van der Waals surface area contributed by atoms with Crippen molar-refractivity contribution < 1.29 is 19.5 Å². The summed E-state index contributed by atoms with van der Waals surface area (Å²) in [5, 5.41) is 11.7. The molecule has 0 unspecified atom stereocenters. The van der Waals surface area contributed by atoms with Crippen LogP contribution in [0.5, 0.6) is 0 Å². The minimum atomic E-state index is -0.470. The molecule has 0 bridgehead atoms. The second-order valence-corrected chi connectivity index (χ2v) is 5.26. The Morgan fingerprint density at radius 2 is 1.04 bits per heavy atom. The number of fused-ring (bicyclic) bond motifs is 2. The standard InChI is InChI=1S/2C8H7N3O2.Zn/c2*9-5-3-1-2-4-6(5)8(13)11-10-7(4)12;/h2*1-3H,(H4,9,10,11,12,13);/q;;+2/p-2. The van der Waals surface area contributed by atoms with Crippen molar-refractivity contribution in [2.24, 2.45) is 0 Å². The van der Waals surface area contributed by atoms with Crippen LogP contribution < -0.4 is 43.9 Å². The number of nitrogen functional groups attached to an aromatic ring is 2. The molecule has 0 atom stereocenters. The van der Waals surface area contributed by atoms with Crippen LogP contribution in [0, 0.1) is 0 Å². The van der Waals surface area contributed by atoms with E-state index in [1.807, 2.05) is 0 Å². The van der Waals surface area contributed by atoms with Gasteiger partial charge in [-0.25, -0.2) is 0 Å². The second kappa shape index (κ2) is 7.83. The van der Waals surface area contributed by atoms with Gasteiger partial charge in [0.25, 0.3) is 0 Å². The van der Waals surface area contributed by atoms with Crippen LogP contribution in [-0.2, 0) is 19.5 Å². The van der Waals surface area contributed by atoms with Gasteiger partial charge in [0.05, 0.1) is 21.9 Å². The van der Waals surface area contributed by atoms with E-state index >= 15 is 0 Å². The average molecular weight is 418 g/mol. The summed E-state index contributed by atoms with van der Waals surface area (Å²) < 4.78 is 0. The molecule has 0 aliphatic carbocycles. The van der Waals surface area contributed by atoms with Gasteiger partial charge < -0.3 is 41.5 Å². The van der Waals surface area contributed by atoms with E-state index in [0.717, 1.165) is 0 Å². The first-order chi connectivity index (χ1) is 12.4. The van der Waals surface area contributed by atoms with E-state index in [-0.39, 0.29) is 41.0 Å². The number of nitrogens with one attached hydrogen (secondary N) is 2. The largest absolute Gasteiger partial charge is 2.00 e. The van der Waals surface area contributed by atoms with Crippen molar-refractivity contribution in [1.29, 1.82) is 0 Å². The number of benzene rings is 2. The van der Waals surface area contributed by atoms with Crippen molar-refractivity contribution in [3.05, 3.63) is 77.8 Å². The summed E-state index contributed by atoms with van der Waals surface area (Å²) in [6.45, 7) is 0. The summed E-state index contributed by atoms with van der Waals surface area (Å²) in [6, 6.07) is 9.40. The molecular formula is C16H12N6O4Zn. The van der Waals surface area contributed by atoms with Crippen molar-refractivity contribution in [2.75, 3.05) is 11.5 Å². The Bertz CT molecular complexity index is 1250. The monoisotopic (exact) mass is 416 g/mol. The number of nitrogens with zero attached hydrogens (tertiary/aromatic N) is 2. The smallest absolute Gasteiger partial charge is 0.560 e. The van der Waals surface area contributed by atoms with Gasteiger partial charge in [-0.15, -0.1) is 0 Å². The number of anilines is 2. The number of nitrogens with two attached hydrogens (primary N) is 2. The maximum Gasteiger partial charge on any atom is 2.00 e. The molecule has 2 aromatic carbocycles. The minimum Gasteiger partial charge on any atom is -0.560 e. The Morgan fingerprint density at radius 3 is 1.37 bits per heavy atom. The van der Waals surface area contributed by atoms with Gasteiger partial charge in [0, 0.05) is 22.1 Å². The van der Waals surface area contributed by atoms with Gasteiger partial charge >= 0.3 is 19.5 Å². The van der Waals surface area contributed by atoms with E-state index in [1.165, 1.54) is 12.1 Å². The van der Waals surface area contributed by atoms with E-state index in [9.17, 15) is 19.2 Å². The minimum absolute atomic E-state index is 0. The van der Waals surface area contributed by atoms with Crippen LogP contribution >= 0.6 is 0 Å². The number of H-pyrrole nitrogens is 2. The fraction of sp³-hybridized carbons (Fsp3) is 0. The number of rotatable bonds is 0. The van der Waals surface area contributed by atoms with Crippen molar-refractivity contribution in [3.63, 3.8) is 0 Å². The quantitative estimate of drug-likeness (QED) is 0.204. The van der Waals surface area contributed by atoms with Gasteiger partial charge in [0.2, 0.25) is 11.1 Å². The van der Waals surface area contributed by atoms with Crippen LogP contribution in [0.3, 0.4) is 0 Å². The summed E-state index contributed by atoms with van der Waals surface area (Å²) >= 11 is 0. The molecule has 2 aromatic heterocycles. The van der Waals surface area contributed by atoms with Crippen LogP contribution in [0.1, 0.15) is 0 Å². The predicted octanol–water partition coefficient (Wildman–Crippen LogP) is -1.15. The average Bonchev–Trinajstić information content (AvgIpc) is 2.62. The molecule has 132 valence electrons. The van der Waals surface area contributed by atoms with E-state index in [1.54, 1.807) is 24.3 Å². The zero-order chi connectivity index (χ0) is 18.8. The summed E-state index contributed by atoms with van der Waals surface area (Å²) in [4.78, 5) is 44.7. The zero-order valence-corrected chi connectivity index (χ0v) is 16.8. The second-order valence-electron chi connectivity index (χ2n) is 5.26. The van der Waals surface area contributed by atoms with Crippen molar-refractivity contribution >= 4 is 32.9 Å². The van der Waals surface area contributed by atoms with Crippen LogP contribution in [0.15, 0.2) is 55.6 Å². The predicted molar refractivity (Wildman–Crippen MR) is 97.1 cm³/mol. The van der Waals surface area contributed by atoms with Gasteiger partial charge in [0.15, 0.2) is 0 Å². The first-order valence-corrected chi connectivity index (χ1v) is 7.28. The Kier molecular flexibility index (Phi) is 5.76. The fourth-order valence-corrected chi connectivity index (χ4v) is 2.44. The van der Waals surface area contributed by atoms with Gasteiger partial charge in [-0.2, -0.15) is 0 Å². The molecule has 6 N–H and O–H groups in total. The van der Waals surface area contributed by atoms with E-state index in [4.69, 9.17) is 11.5 Å². The summed E-state index contributed by atoms with van der Waals surface area (Å²) in [5.41, 5.74) is 9.84. The van der Waals surface area contributed by atoms with Gasteiger partial charge in [-0.05, 0) is 12.1 Å². The van der Waals surface area contributed by atoms with E-state index in [0.29, 0.717) is 11.4 Å². The van der Waals surface area contributed by atoms with Crippen molar-refractivity contribution in [1.82, 2.24) is 20.4 Å². The maximum absolute atomic E-state index is 11.2. The molecular weight excluding hydrogens is 406 g/mol. The Morgan fingerprint density at radius 1 is 0.667 bits per heavy atom. The molecule has 0 saturated carbocycles. The van der Waals surface area contributed by atoms with Gasteiger partial charge in [0.1, 0.15) is 0 Å². The molecule has 0 aliphatic rings. The molecule has 2 heterocycles. The van der Waals surface area contributed by atoms with Crippen LogP contribution in [0.25, 0.3) is 21.5 Å². The van der Waals surface area contributed by atoms with Crippen molar-refractivity contribution in [2.45, 2.75) is 0 Å². The summed E-state index contributed by atoms with van der Waals surface area (Å²) in [5.74, 6) is 0. The Balaban J connectivity index is 0.000000187. The van der Waals surface area contributed by atoms with Crippen LogP contribution in [0.4, 0.5) is 11.4 Å². The normalized spacial score (nSPS) is 10.1. The third-order valence-corrected chi connectivity index (χ3v) is 3.63. The first kappa shape index (κ1) is 19.9. The van der Waals surface area contributed by atoms with Crippen molar-refractivity contribution in [3.8, 4) is 0 Å². The van der Waals surface area contributed by atoms with E-state index in [2.05, 4.69) is 20.4 Å². The molecule has 11 heteroatoms. The zero-order valence-electron chi connectivity index (χ0n) is 13.9. The van der Waals surface area contributed by atoms with Gasteiger partial charge in [-0.1, -0.05) is 24.3 Å². The maximum atomic E-state index is 11.2. The number of aromatic nitrogens is 4. The molecule has 4 rings (SSSR count). The topological polar surface area (TPSA) is 180 Å². The summed E-state index contributed by atoms with van der Waals surface area (Å²) in [6.07, 6.45) is 0. The van der Waals surface area contributed by atoms with E-state index < -0.39 is 22.2 Å². The molecule has 0 spiro atoms. The molecule has 27 heavy (non-hydrogen) atoms. The Hall–Kier alpha value is -3.46. The molecule has 4 aromatic rings. The molecule has 0 amide bonds. The molecule has 0 saturated heterocycles. The number of hydrogen-bond acceptors (Lipinski definition) is 6. The third-order valence-electron chi connectivity index (χ3n) is 3.63. The molecule has 0 aliphatic heterocycles. The molecule has 10 nitrogen and oxygen atoms in total. The van der Waals surface area contributed by atoms with Crippen LogP contribution in [-0.4, -0.2) is 10.2 Å². The number of hydrogen-bond donors (Lipinski definition) is 4. The summed E-state index contributed by atoms with van der Waals surface area (Å²) in [7, 11) is 0. The number of aromatic amines is 2. The SMILES string of the molecule is Nc1cccc2c(=O)[n-][nH]c(=O)c12.Nc1cccc2c(=O)[n-][nH]c(=O)c12.[Zn+2]. The van der Waals surface area contributed by atoms with Gasteiger partial charge in [-0.3, -0.25) is 9.59 Å².